The van der Waals surface area contributed by atoms with Crippen LogP contribution >= 0.6 is 11.6 Å². The maximum atomic E-state index is 9.96. The fourth-order valence-electron chi connectivity index (χ4n) is 2.59. The van der Waals surface area contributed by atoms with E-state index in [0.717, 1.165) is 11.3 Å². The van der Waals surface area contributed by atoms with Gasteiger partial charge in [-0.3, -0.25) is 5.01 Å². The summed E-state index contributed by atoms with van der Waals surface area (Å²) in [6.45, 7) is 0. The van der Waals surface area contributed by atoms with Crippen molar-refractivity contribution in [2.24, 2.45) is 5.10 Å². The van der Waals surface area contributed by atoms with Crippen molar-refractivity contribution in [2.75, 3.05) is 7.05 Å². The quantitative estimate of drug-likeness (QED) is 0.892. The molecule has 0 fully saturated rings. The molecule has 108 valence electrons. The maximum Gasteiger partial charge on any atom is 0.128 e. The molecule has 2 aromatic carbocycles. The Balaban J connectivity index is 1.89. The van der Waals surface area contributed by atoms with Crippen molar-refractivity contribution in [3.8, 4) is 11.5 Å². The molecule has 0 aliphatic carbocycles. The minimum atomic E-state index is 0.0360. The molecule has 2 aromatic rings. The van der Waals surface area contributed by atoms with Crippen LogP contribution in [0.15, 0.2) is 47.6 Å². The Hall–Kier alpha value is -2.20. The molecule has 1 atom stereocenters. The van der Waals surface area contributed by atoms with Crippen LogP contribution in [0.3, 0.4) is 0 Å². The normalized spacial score (nSPS) is 17.9. The lowest BCUT2D eigenvalue weighted by Crippen LogP contribution is -2.13. The zero-order valence-corrected chi connectivity index (χ0v) is 12.2. The SMILES string of the molecule is CN1N=C(c2ccc(O)cc2O)CC1c1cccc(Cl)c1. The number of nitrogens with zero attached hydrogens (tertiary/aromatic N) is 2. The summed E-state index contributed by atoms with van der Waals surface area (Å²) in [7, 11) is 1.90. The van der Waals surface area contributed by atoms with Gasteiger partial charge < -0.3 is 10.2 Å². The summed E-state index contributed by atoms with van der Waals surface area (Å²) in [4.78, 5) is 0. The van der Waals surface area contributed by atoms with E-state index in [0.29, 0.717) is 17.0 Å². The second-order valence-electron chi connectivity index (χ2n) is 5.10. The molecule has 0 aromatic heterocycles. The van der Waals surface area contributed by atoms with Gasteiger partial charge >= 0.3 is 0 Å². The van der Waals surface area contributed by atoms with Crippen molar-refractivity contribution < 1.29 is 10.2 Å². The zero-order chi connectivity index (χ0) is 15.0. The van der Waals surface area contributed by atoms with Gasteiger partial charge in [0.05, 0.1) is 11.8 Å². The number of phenols is 2. The van der Waals surface area contributed by atoms with Gasteiger partial charge in [0, 0.05) is 30.1 Å². The summed E-state index contributed by atoms with van der Waals surface area (Å²) in [5, 5.41) is 26.4. The van der Waals surface area contributed by atoms with E-state index >= 15 is 0 Å². The Morgan fingerprint density at radius 2 is 2.00 bits per heavy atom. The molecule has 0 bridgehead atoms. The Kier molecular flexibility index (Phi) is 3.47. The summed E-state index contributed by atoms with van der Waals surface area (Å²) in [6.07, 6.45) is 0.676. The molecule has 0 spiro atoms. The Morgan fingerprint density at radius 3 is 2.71 bits per heavy atom. The first-order valence-corrected chi connectivity index (χ1v) is 7.00. The lowest BCUT2D eigenvalue weighted by Gasteiger charge is -2.19. The lowest BCUT2D eigenvalue weighted by atomic mass is 9.98. The van der Waals surface area contributed by atoms with Crippen LogP contribution in [-0.4, -0.2) is 28.0 Å². The van der Waals surface area contributed by atoms with Gasteiger partial charge in [0.2, 0.25) is 0 Å². The molecule has 2 N–H and O–H groups in total. The van der Waals surface area contributed by atoms with Crippen molar-refractivity contribution in [1.29, 1.82) is 0 Å². The average molecular weight is 303 g/mol. The third-order valence-electron chi connectivity index (χ3n) is 3.64. The summed E-state index contributed by atoms with van der Waals surface area (Å²) < 4.78 is 0. The first-order chi connectivity index (χ1) is 10.0. The van der Waals surface area contributed by atoms with Crippen molar-refractivity contribution in [3.63, 3.8) is 0 Å². The molecule has 1 heterocycles. The van der Waals surface area contributed by atoms with E-state index in [1.54, 1.807) is 12.1 Å². The number of hydrazone groups is 1. The van der Waals surface area contributed by atoms with Crippen LogP contribution in [0.5, 0.6) is 11.5 Å². The van der Waals surface area contributed by atoms with Gasteiger partial charge in [-0.15, -0.1) is 0 Å². The standard InChI is InChI=1S/C16H15ClN2O2/c1-19-15(10-3-2-4-11(17)7-10)9-14(18-19)13-6-5-12(20)8-16(13)21/h2-8,15,20-21H,9H2,1H3. The predicted octanol–water partition coefficient (Wildman–Crippen LogP) is 3.53. The Bertz CT molecular complexity index is 715. The molecule has 1 aliphatic heterocycles. The zero-order valence-electron chi connectivity index (χ0n) is 11.5. The van der Waals surface area contributed by atoms with Crippen LogP contribution < -0.4 is 0 Å². The van der Waals surface area contributed by atoms with Crippen molar-refractivity contribution >= 4 is 17.3 Å². The molecule has 0 radical (unpaired) electrons. The lowest BCUT2D eigenvalue weighted by molar-refractivity contribution is 0.290. The number of benzene rings is 2. The van der Waals surface area contributed by atoms with E-state index in [9.17, 15) is 10.2 Å². The number of aromatic hydroxyl groups is 2. The van der Waals surface area contributed by atoms with Gasteiger partial charge in [0.25, 0.3) is 0 Å². The summed E-state index contributed by atoms with van der Waals surface area (Å²) >= 11 is 6.04. The van der Waals surface area contributed by atoms with Gasteiger partial charge in [-0.2, -0.15) is 5.10 Å². The van der Waals surface area contributed by atoms with Gasteiger partial charge in [0.1, 0.15) is 11.5 Å². The molecule has 5 heteroatoms. The van der Waals surface area contributed by atoms with Gasteiger partial charge in [0.15, 0.2) is 0 Å². The largest absolute Gasteiger partial charge is 0.508 e. The van der Waals surface area contributed by atoms with E-state index < -0.39 is 0 Å². The molecule has 3 rings (SSSR count). The summed E-state index contributed by atoms with van der Waals surface area (Å²) in [6, 6.07) is 12.3. The second kappa shape index (κ2) is 5.30. The topological polar surface area (TPSA) is 56.1 Å². The third kappa shape index (κ3) is 2.67. The van der Waals surface area contributed by atoms with Crippen LogP contribution in [0, 0.1) is 0 Å². The van der Waals surface area contributed by atoms with Crippen LogP contribution in [0.25, 0.3) is 0 Å². The number of phenolic OH excluding ortho intramolecular Hbond substituents is 2. The molecular weight excluding hydrogens is 288 g/mol. The summed E-state index contributed by atoms with van der Waals surface area (Å²) in [5.41, 5.74) is 2.52. The van der Waals surface area contributed by atoms with E-state index in [1.807, 2.05) is 36.3 Å². The van der Waals surface area contributed by atoms with Gasteiger partial charge in [-0.25, -0.2) is 0 Å². The second-order valence-corrected chi connectivity index (χ2v) is 5.53. The Labute approximate surface area is 127 Å². The highest BCUT2D eigenvalue weighted by atomic mass is 35.5. The van der Waals surface area contributed by atoms with E-state index in [1.165, 1.54) is 6.07 Å². The third-order valence-corrected chi connectivity index (χ3v) is 3.88. The van der Waals surface area contributed by atoms with Gasteiger partial charge in [-0.05, 0) is 29.8 Å². The van der Waals surface area contributed by atoms with Crippen LogP contribution in [0.4, 0.5) is 0 Å². The number of hydrogen-bond acceptors (Lipinski definition) is 4. The molecule has 21 heavy (non-hydrogen) atoms. The molecule has 0 saturated carbocycles. The first kappa shape index (κ1) is 13.8. The smallest absolute Gasteiger partial charge is 0.128 e. The molecule has 0 saturated heterocycles. The van der Waals surface area contributed by atoms with Crippen LogP contribution in [-0.2, 0) is 0 Å². The van der Waals surface area contributed by atoms with Crippen LogP contribution in [0.1, 0.15) is 23.6 Å². The molecule has 1 aliphatic rings. The number of hydrogen-bond donors (Lipinski definition) is 2. The van der Waals surface area contributed by atoms with E-state index in [-0.39, 0.29) is 17.5 Å². The fourth-order valence-corrected chi connectivity index (χ4v) is 2.79. The van der Waals surface area contributed by atoms with Crippen molar-refractivity contribution in [3.05, 3.63) is 58.6 Å². The molecule has 4 nitrogen and oxygen atoms in total. The highest BCUT2D eigenvalue weighted by Crippen LogP contribution is 2.35. The van der Waals surface area contributed by atoms with E-state index in [2.05, 4.69) is 5.10 Å². The van der Waals surface area contributed by atoms with E-state index in [4.69, 9.17) is 11.6 Å². The molecular formula is C16H15ClN2O2. The van der Waals surface area contributed by atoms with Gasteiger partial charge in [-0.1, -0.05) is 23.7 Å². The minimum absolute atomic E-state index is 0.0360. The highest BCUT2D eigenvalue weighted by molar-refractivity contribution is 6.30. The van der Waals surface area contributed by atoms with Crippen molar-refractivity contribution in [2.45, 2.75) is 12.5 Å². The summed E-state index contributed by atoms with van der Waals surface area (Å²) in [5.74, 6) is 0.0727. The fraction of sp³-hybridized carbons (Fsp3) is 0.188. The molecule has 1 unspecified atom stereocenters. The van der Waals surface area contributed by atoms with Crippen LogP contribution in [0.2, 0.25) is 5.02 Å². The van der Waals surface area contributed by atoms with Crippen molar-refractivity contribution in [1.82, 2.24) is 5.01 Å². The minimum Gasteiger partial charge on any atom is -0.508 e. The molecule has 0 amide bonds. The monoisotopic (exact) mass is 302 g/mol. The average Bonchev–Trinajstić information content (AvgIpc) is 2.80. The number of halogens is 1. The maximum absolute atomic E-state index is 9.96. The Morgan fingerprint density at radius 1 is 1.19 bits per heavy atom. The predicted molar refractivity (Wildman–Crippen MR) is 82.9 cm³/mol. The number of rotatable bonds is 2. The first-order valence-electron chi connectivity index (χ1n) is 6.63. The highest BCUT2D eigenvalue weighted by Gasteiger charge is 2.27.